The van der Waals surface area contributed by atoms with Crippen molar-refractivity contribution in [3.8, 4) is 0 Å². The van der Waals surface area contributed by atoms with E-state index in [0.29, 0.717) is 26.0 Å². The molecule has 0 saturated carbocycles. The third-order valence-corrected chi connectivity index (χ3v) is 10.7. The largest absolute Gasteiger partial charge is 0.480 e. The minimum Gasteiger partial charge on any atom is -0.480 e. The molecule has 1 unspecified atom stereocenters. The van der Waals surface area contributed by atoms with Gasteiger partial charge in [0.05, 0.1) is 23.2 Å². The van der Waals surface area contributed by atoms with Crippen LogP contribution >= 0.6 is 0 Å². The number of ether oxygens (including phenoxy) is 1. The van der Waals surface area contributed by atoms with Gasteiger partial charge in [0.25, 0.3) is 0 Å². The summed E-state index contributed by atoms with van der Waals surface area (Å²) in [6.07, 6.45) is 0.606. The molecule has 3 heterocycles. The van der Waals surface area contributed by atoms with E-state index in [9.17, 15) is 32.7 Å². The number of imide groups is 1. The molecule has 3 aliphatic heterocycles. The molecule has 3 aliphatic rings. The third kappa shape index (κ3) is 11.2. The van der Waals surface area contributed by atoms with Crippen molar-refractivity contribution in [1.29, 1.82) is 0 Å². The summed E-state index contributed by atoms with van der Waals surface area (Å²) in [7, 11) is -3.69. The van der Waals surface area contributed by atoms with E-state index in [1.165, 1.54) is 26.9 Å². The van der Waals surface area contributed by atoms with Gasteiger partial charge < -0.3 is 30.7 Å². The summed E-state index contributed by atoms with van der Waals surface area (Å²) in [5.41, 5.74) is 6.73. The van der Waals surface area contributed by atoms with Crippen molar-refractivity contribution in [3.63, 3.8) is 0 Å². The van der Waals surface area contributed by atoms with E-state index < -0.39 is 39.9 Å². The number of amides is 4. The fourth-order valence-electron chi connectivity index (χ4n) is 6.06. The first-order valence-corrected chi connectivity index (χ1v) is 19.1. The standard InChI is InChI=1S/C20H27N5O6S.C14H20N2O2.C2H6/c1-14(21)22-9-5-8-16-17(19(27)28)25(18(16)26)20(29)23-10-12-24(13-11-23)32(30,31)15-6-3-2-4-7-15;1-2-18-14(17)16-10-8-15(9-11-16)12-13-6-4-3-5-7-13;1-2/h2-4,6-7,16-17,22H,1,5,8-13,21H2,(H,27,28);3-7H,2,8-12H2,1H3;1-2H3/t16-,17?;;/m1../s1. The highest BCUT2D eigenvalue weighted by atomic mass is 32.2. The number of likely N-dealkylation sites (tertiary alicyclic amines) is 1. The smallest absolute Gasteiger partial charge is 0.409 e. The van der Waals surface area contributed by atoms with Crippen molar-refractivity contribution in [2.24, 2.45) is 11.7 Å². The number of nitrogens with zero attached hydrogens (tertiary/aromatic N) is 5. The van der Waals surface area contributed by atoms with Gasteiger partial charge in [-0.2, -0.15) is 4.31 Å². The minimum absolute atomic E-state index is 0.0564. The van der Waals surface area contributed by atoms with Gasteiger partial charge >= 0.3 is 18.1 Å². The van der Waals surface area contributed by atoms with E-state index in [0.717, 1.165) is 37.6 Å². The van der Waals surface area contributed by atoms with Crippen molar-refractivity contribution in [2.75, 3.05) is 65.5 Å². The van der Waals surface area contributed by atoms with Crippen molar-refractivity contribution in [2.45, 2.75) is 51.1 Å². The minimum atomic E-state index is -3.69. The highest BCUT2D eigenvalue weighted by Gasteiger charge is 2.55. The van der Waals surface area contributed by atoms with Crippen molar-refractivity contribution in [3.05, 3.63) is 78.6 Å². The van der Waals surface area contributed by atoms with Crippen LogP contribution in [0.4, 0.5) is 9.59 Å². The molecule has 2 aromatic carbocycles. The molecule has 4 amide bonds. The molecule has 0 bridgehead atoms. The molecule has 286 valence electrons. The molecule has 0 spiro atoms. The van der Waals surface area contributed by atoms with Crippen LogP contribution in [0.1, 0.15) is 39.2 Å². The first-order chi connectivity index (χ1) is 24.9. The van der Waals surface area contributed by atoms with Crippen molar-refractivity contribution in [1.82, 2.24) is 29.2 Å². The summed E-state index contributed by atoms with van der Waals surface area (Å²) in [4.78, 5) is 55.1. The number of hydrogen-bond donors (Lipinski definition) is 3. The molecular weight excluding hydrogens is 691 g/mol. The van der Waals surface area contributed by atoms with E-state index >= 15 is 0 Å². The number of hydrogen-bond acceptors (Lipinski definition) is 10. The van der Waals surface area contributed by atoms with Gasteiger partial charge in [0.15, 0.2) is 6.04 Å². The average Bonchev–Trinajstić information content (AvgIpc) is 3.15. The second kappa shape index (κ2) is 20.4. The average molecular weight is 744 g/mol. The van der Waals surface area contributed by atoms with Crippen LogP contribution in [0.3, 0.4) is 0 Å². The Balaban J connectivity index is 0.000000308. The van der Waals surface area contributed by atoms with Crippen LogP contribution < -0.4 is 11.1 Å². The van der Waals surface area contributed by atoms with E-state index in [1.807, 2.05) is 26.8 Å². The Morgan fingerprint density at radius 1 is 0.904 bits per heavy atom. The molecule has 52 heavy (non-hydrogen) atoms. The number of sulfonamides is 1. The van der Waals surface area contributed by atoms with Crippen LogP contribution in [0.25, 0.3) is 0 Å². The van der Waals surface area contributed by atoms with E-state index in [-0.39, 0.29) is 43.0 Å². The Morgan fingerprint density at radius 3 is 2.00 bits per heavy atom. The van der Waals surface area contributed by atoms with Gasteiger partial charge in [-0.05, 0) is 37.5 Å². The topological polar surface area (TPSA) is 186 Å². The fourth-order valence-corrected chi connectivity index (χ4v) is 7.50. The number of carboxylic acid groups (broad SMARTS) is 1. The molecule has 0 aliphatic carbocycles. The first kappa shape index (κ1) is 41.7. The maximum Gasteiger partial charge on any atom is 0.409 e. The molecule has 0 aromatic heterocycles. The molecule has 4 N–H and O–H groups in total. The number of carbonyl (C=O) groups is 4. The van der Waals surface area contributed by atoms with Crippen molar-refractivity contribution >= 4 is 34.0 Å². The predicted molar refractivity (Wildman–Crippen MR) is 196 cm³/mol. The zero-order valence-electron chi connectivity index (χ0n) is 30.4. The maximum absolute atomic E-state index is 12.9. The third-order valence-electron chi connectivity index (χ3n) is 8.75. The number of benzene rings is 2. The second-order valence-electron chi connectivity index (χ2n) is 12.1. The van der Waals surface area contributed by atoms with Crippen LogP contribution in [-0.2, 0) is 30.9 Å². The Bertz CT molecular complexity index is 1580. The molecule has 15 nitrogen and oxygen atoms in total. The molecule has 2 aromatic rings. The number of carboxylic acids is 1. The molecule has 3 fully saturated rings. The van der Waals surface area contributed by atoms with Gasteiger partial charge in [-0.25, -0.2) is 27.7 Å². The van der Waals surface area contributed by atoms with Crippen LogP contribution in [0.15, 0.2) is 78.0 Å². The number of urea groups is 1. The lowest BCUT2D eigenvalue weighted by Gasteiger charge is -2.46. The van der Waals surface area contributed by atoms with Gasteiger partial charge in [-0.1, -0.05) is 69.0 Å². The number of nitrogens with one attached hydrogen (secondary N) is 1. The van der Waals surface area contributed by atoms with Crippen LogP contribution in [0, 0.1) is 5.92 Å². The van der Waals surface area contributed by atoms with Gasteiger partial charge in [0.2, 0.25) is 15.9 Å². The van der Waals surface area contributed by atoms with Crippen LogP contribution in [0.5, 0.6) is 0 Å². The summed E-state index contributed by atoms with van der Waals surface area (Å²) >= 11 is 0. The first-order valence-electron chi connectivity index (χ1n) is 17.7. The molecule has 5 rings (SSSR count). The Labute approximate surface area is 307 Å². The Morgan fingerprint density at radius 2 is 1.46 bits per heavy atom. The van der Waals surface area contributed by atoms with Crippen LogP contribution in [0.2, 0.25) is 0 Å². The summed E-state index contributed by atoms with van der Waals surface area (Å²) in [6.45, 7) is 14.7. The lowest BCUT2D eigenvalue weighted by molar-refractivity contribution is -0.167. The number of aliphatic carboxylic acids is 1. The predicted octanol–water partition coefficient (Wildman–Crippen LogP) is 2.81. The zero-order chi connectivity index (χ0) is 38.3. The van der Waals surface area contributed by atoms with Crippen molar-refractivity contribution < 1.29 is 37.4 Å². The number of carbonyl (C=O) groups excluding carboxylic acids is 3. The van der Waals surface area contributed by atoms with Gasteiger partial charge in [0, 0.05) is 65.4 Å². The van der Waals surface area contributed by atoms with Gasteiger partial charge in [-0.15, -0.1) is 0 Å². The van der Waals surface area contributed by atoms with E-state index in [4.69, 9.17) is 10.5 Å². The molecule has 0 radical (unpaired) electrons. The number of piperazine rings is 2. The quantitative estimate of drug-likeness (QED) is 0.227. The van der Waals surface area contributed by atoms with Gasteiger partial charge in [0.1, 0.15) is 0 Å². The van der Waals surface area contributed by atoms with E-state index in [1.54, 1.807) is 23.1 Å². The molecule has 3 saturated heterocycles. The molecular formula is C36H53N7O8S. The summed E-state index contributed by atoms with van der Waals surface area (Å²) in [6, 6.07) is 16.5. The summed E-state index contributed by atoms with van der Waals surface area (Å²) < 4.78 is 31.7. The van der Waals surface area contributed by atoms with Crippen LogP contribution in [-0.4, -0.2) is 133 Å². The highest BCUT2D eigenvalue weighted by Crippen LogP contribution is 2.32. The molecule has 16 heteroatoms. The fraction of sp³-hybridized carbons (Fsp3) is 0.500. The second-order valence-corrected chi connectivity index (χ2v) is 14.1. The number of β-lactam (4-membered cyclic amide) rings is 1. The SMILES string of the molecule is C=C(N)NCCC[C@H]1C(=O)N(C(=O)N2CCN(S(=O)(=O)c3ccccc3)CC2)C1C(=O)O.CC.CCOC(=O)N1CCN(Cc2ccccc2)CC1. The number of nitrogens with two attached hydrogens (primary N) is 1. The maximum atomic E-state index is 12.9. The summed E-state index contributed by atoms with van der Waals surface area (Å²) in [5, 5.41) is 12.4. The molecule has 2 atom stereocenters. The lowest BCUT2D eigenvalue weighted by Crippen LogP contribution is -2.69. The zero-order valence-corrected chi connectivity index (χ0v) is 31.2. The highest BCUT2D eigenvalue weighted by molar-refractivity contribution is 7.89. The normalized spacial score (nSPS) is 19.2. The van der Waals surface area contributed by atoms with Gasteiger partial charge in [-0.3, -0.25) is 9.69 Å². The Hall–Kier alpha value is -4.67. The Kier molecular flexibility index (Phi) is 16.4. The summed E-state index contributed by atoms with van der Waals surface area (Å²) in [5.74, 6) is -2.29. The lowest BCUT2D eigenvalue weighted by atomic mass is 9.84. The van der Waals surface area contributed by atoms with E-state index in [2.05, 4.69) is 41.1 Å². The monoisotopic (exact) mass is 743 g/mol. The number of rotatable bonds is 11.